The van der Waals surface area contributed by atoms with E-state index >= 15 is 0 Å². The zero-order chi connectivity index (χ0) is 12.9. The first kappa shape index (κ1) is 13.8. The molecule has 0 aliphatic heterocycles. The fourth-order valence-electron chi connectivity index (χ4n) is 1.23. The molecule has 1 rings (SSSR count). The summed E-state index contributed by atoms with van der Waals surface area (Å²) in [5, 5.41) is 10.1. The maximum absolute atomic E-state index is 10.1. The number of aliphatic hydroxyl groups is 1. The largest absolute Gasteiger partial charge is 0.490 e. The molecule has 0 aliphatic carbocycles. The summed E-state index contributed by atoms with van der Waals surface area (Å²) in [5.41, 5.74) is -0.834. The third-order valence-corrected chi connectivity index (χ3v) is 2.91. The Morgan fingerprint density at radius 1 is 1.18 bits per heavy atom. The van der Waals surface area contributed by atoms with E-state index in [2.05, 4.69) is 0 Å². The van der Waals surface area contributed by atoms with Crippen molar-refractivity contribution in [1.29, 1.82) is 0 Å². The molecule has 0 aromatic heterocycles. The van der Waals surface area contributed by atoms with Gasteiger partial charge in [-0.2, -0.15) is 0 Å². The van der Waals surface area contributed by atoms with Gasteiger partial charge >= 0.3 is 0 Å². The number of benzene rings is 1. The Morgan fingerprint density at radius 3 is 2.18 bits per heavy atom. The Balaban J connectivity index is 2.69. The SMILES string of the molecule is CCOc1ccccc1OCC(C)(O)C(C)C. The molecule has 0 aliphatic rings. The summed E-state index contributed by atoms with van der Waals surface area (Å²) in [6.07, 6.45) is 0. The first-order chi connectivity index (χ1) is 7.97. The maximum Gasteiger partial charge on any atom is 0.161 e. The summed E-state index contributed by atoms with van der Waals surface area (Å²) < 4.78 is 11.1. The van der Waals surface area contributed by atoms with Gasteiger partial charge in [-0.15, -0.1) is 0 Å². The van der Waals surface area contributed by atoms with Crippen LogP contribution < -0.4 is 9.47 Å². The first-order valence-electron chi connectivity index (χ1n) is 6.04. The smallest absolute Gasteiger partial charge is 0.161 e. The van der Waals surface area contributed by atoms with Crippen LogP contribution in [0.25, 0.3) is 0 Å². The van der Waals surface area contributed by atoms with E-state index in [1.165, 1.54) is 0 Å². The molecular formula is C14H22O3. The van der Waals surface area contributed by atoms with Gasteiger partial charge in [-0.05, 0) is 31.9 Å². The molecular weight excluding hydrogens is 216 g/mol. The van der Waals surface area contributed by atoms with E-state index in [-0.39, 0.29) is 12.5 Å². The highest BCUT2D eigenvalue weighted by atomic mass is 16.5. The van der Waals surface area contributed by atoms with Crippen LogP contribution in [0, 0.1) is 5.92 Å². The Hall–Kier alpha value is -1.22. The van der Waals surface area contributed by atoms with E-state index in [9.17, 15) is 5.11 Å². The van der Waals surface area contributed by atoms with Crippen LogP contribution in [0.3, 0.4) is 0 Å². The lowest BCUT2D eigenvalue weighted by Gasteiger charge is -2.27. The summed E-state index contributed by atoms with van der Waals surface area (Å²) in [5.74, 6) is 1.53. The van der Waals surface area contributed by atoms with Crippen molar-refractivity contribution in [3.63, 3.8) is 0 Å². The lowest BCUT2D eigenvalue weighted by atomic mass is 9.94. The normalized spacial score (nSPS) is 14.5. The monoisotopic (exact) mass is 238 g/mol. The molecule has 1 aromatic carbocycles. The third kappa shape index (κ3) is 3.93. The van der Waals surface area contributed by atoms with E-state index in [0.717, 1.165) is 5.75 Å². The van der Waals surface area contributed by atoms with Crippen molar-refractivity contribution in [2.24, 2.45) is 5.92 Å². The molecule has 1 aromatic rings. The number of ether oxygens (including phenoxy) is 2. The zero-order valence-electron chi connectivity index (χ0n) is 11.1. The van der Waals surface area contributed by atoms with Crippen molar-refractivity contribution in [1.82, 2.24) is 0 Å². The van der Waals surface area contributed by atoms with Gasteiger partial charge in [-0.1, -0.05) is 26.0 Å². The van der Waals surface area contributed by atoms with Gasteiger partial charge < -0.3 is 14.6 Å². The summed E-state index contributed by atoms with van der Waals surface area (Å²) in [6, 6.07) is 7.50. The molecule has 0 saturated carbocycles. The molecule has 0 saturated heterocycles. The summed E-state index contributed by atoms with van der Waals surface area (Å²) >= 11 is 0. The summed E-state index contributed by atoms with van der Waals surface area (Å²) in [6.45, 7) is 8.51. The Morgan fingerprint density at radius 2 is 1.71 bits per heavy atom. The second-order valence-electron chi connectivity index (χ2n) is 4.68. The quantitative estimate of drug-likeness (QED) is 0.828. The van der Waals surface area contributed by atoms with Crippen LogP contribution in [-0.2, 0) is 0 Å². The lowest BCUT2D eigenvalue weighted by molar-refractivity contribution is -0.0272. The second-order valence-corrected chi connectivity index (χ2v) is 4.68. The predicted octanol–water partition coefficient (Wildman–Crippen LogP) is 2.87. The molecule has 17 heavy (non-hydrogen) atoms. The van der Waals surface area contributed by atoms with Crippen molar-refractivity contribution in [2.45, 2.75) is 33.3 Å². The van der Waals surface area contributed by atoms with Crippen LogP contribution in [0.4, 0.5) is 0 Å². The standard InChI is InChI=1S/C14H22O3/c1-5-16-12-8-6-7-9-13(12)17-10-14(4,15)11(2)3/h6-9,11,15H,5,10H2,1-4H3. The summed E-state index contributed by atoms with van der Waals surface area (Å²) in [7, 11) is 0. The zero-order valence-corrected chi connectivity index (χ0v) is 11.1. The average molecular weight is 238 g/mol. The number of rotatable bonds is 6. The van der Waals surface area contributed by atoms with Crippen LogP contribution in [0.15, 0.2) is 24.3 Å². The molecule has 0 amide bonds. The molecule has 96 valence electrons. The van der Waals surface area contributed by atoms with E-state index in [4.69, 9.17) is 9.47 Å². The Labute approximate surface area is 103 Å². The Bertz CT molecular complexity index is 345. The molecule has 1 atom stereocenters. The highest BCUT2D eigenvalue weighted by Crippen LogP contribution is 2.28. The predicted molar refractivity (Wildman–Crippen MR) is 68.6 cm³/mol. The molecule has 3 nitrogen and oxygen atoms in total. The van der Waals surface area contributed by atoms with Crippen molar-refractivity contribution < 1.29 is 14.6 Å². The number of hydrogen-bond acceptors (Lipinski definition) is 3. The highest BCUT2D eigenvalue weighted by molar-refractivity contribution is 5.39. The second kappa shape index (κ2) is 5.92. The molecule has 1 N–H and O–H groups in total. The van der Waals surface area contributed by atoms with E-state index in [0.29, 0.717) is 12.4 Å². The minimum Gasteiger partial charge on any atom is -0.490 e. The average Bonchev–Trinajstić information content (AvgIpc) is 2.28. The molecule has 0 spiro atoms. The maximum atomic E-state index is 10.1. The van der Waals surface area contributed by atoms with Gasteiger partial charge in [0.25, 0.3) is 0 Å². The van der Waals surface area contributed by atoms with Gasteiger partial charge in [0, 0.05) is 0 Å². The van der Waals surface area contributed by atoms with Crippen LogP contribution >= 0.6 is 0 Å². The molecule has 1 unspecified atom stereocenters. The van der Waals surface area contributed by atoms with Crippen LogP contribution in [0.2, 0.25) is 0 Å². The summed E-state index contributed by atoms with van der Waals surface area (Å²) in [4.78, 5) is 0. The minimum atomic E-state index is -0.834. The van der Waals surface area contributed by atoms with Gasteiger partial charge in [-0.3, -0.25) is 0 Å². The van der Waals surface area contributed by atoms with Gasteiger partial charge in [0.05, 0.1) is 12.2 Å². The van der Waals surface area contributed by atoms with Gasteiger partial charge in [0.1, 0.15) is 6.61 Å². The van der Waals surface area contributed by atoms with E-state index < -0.39 is 5.60 Å². The highest BCUT2D eigenvalue weighted by Gasteiger charge is 2.26. The Kier molecular flexibility index (Phi) is 4.82. The molecule has 0 heterocycles. The first-order valence-corrected chi connectivity index (χ1v) is 6.04. The lowest BCUT2D eigenvalue weighted by Crippen LogP contribution is -2.37. The molecule has 3 heteroatoms. The van der Waals surface area contributed by atoms with Gasteiger partial charge in [-0.25, -0.2) is 0 Å². The van der Waals surface area contributed by atoms with E-state index in [1.807, 2.05) is 45.0 Å². The van der Waals surface area contributed by atoms with Crippen molar-refractivity contribution in [2.75, 3.05) is 13.2 Å². The van der Waals surface area contributed by atoms with Crippen molar-refractivity contribution in [3.8, 4) is 11.5 Å². The topological polar surface area (TPSA) is 38.7 Å². The fraction of sp³-hybridized carbons (Fsp3) is 0.571. The third-order valence-electron chi connectivity index (χ3n) is 2.91. The van der Waals surface area contributed by atoms with E-state index in [1.54, 1.807) is 6.92 Å². The molecule has 0 fully saturated rings. The molecule has 0 radical (unpaired) electrons. The minimum absolute atomic E-state index is 0.141. The number of hydrogen-bond donors (Lipinski definition) is 1. The van der Waals surface area contributed by atoms with Crippen LogP contribution in [-0.4, -0.2) is 23.9 Å². The fourth-order valence-corrected chi connectivity index (χ4v) is 1.23. The number of para-hydroxylation sites is 2. The van der Waals surface area contributed by atoms with Gasteiger partial charge in [0.15, 0.2) is 11.5 Å². The van der Waals surface area contributed by atoms with Crippen molar-refractivity contribution >= 4 is 0 Å². The van der Waals surface area contributed by atoms with Gasteiger partial charge in [0.2, 0.25) is 0 Å². The molecule has 0 bridgehead atoms. The van der Waals surface area contributed by atoms with Crippen LogP contribution in [0.1, 0.15) is 27.7 Å². The van der Waals surface area contributed by atoms with Crippen LogP contribution in [0.5, 0.6) is 11.5 Å². The van der Waals surface area contributed by atoms with Crippen molar-refractivity contribution in [3.05, 3.63) is 24.3 Å².